The van der Waals surface area contributed by atoms with Crippen LogP contribution in [0.2, 0.25) is 5.02 Å². The molecule has 1 aromatic heterocycles. The predicted octanol–water partition coefficient (Wildman–Crippen LogP) is 6.32. The summed E-state index contributed by atoms with van der Waals surface area (Å²) >= 11 is 7.54. The number of hydrogen-bond donors (Lipinski definition) is 0. The number of hydrogen-bond acceptors (Lipinski definition) is 7. The maximum atomic E-state index is 14.3. The van der Waals surface area contributed by atoms with Crippen LogP contribution in [-0.4, -0.2) is 24.3 Å². The molecule has 2 heterocycles. The third-order valence-electron chi connectivity index (χ3n) is 7.40. The van der Waals surface area contributed by atoms with E-state index in [1.54, 1.807) is 68.6 Å². The van der Waals surface area contributed by atoms with Gasteiger partial charge in [0.05, 0.1) is 35.6 Å². The fourth-order valence-corrected chi connectivity index (χ4v) is 6.39. The largest absolute Gasteiger partial charge is 0.497 e. The van der Waals surface area contributed by atoms with Gasteiger partial charge in [-0.15, -0.1) is 0 Å². The summed E-state index contributed by atoms with van der Waals surface area (Å²) in [7, 11) is 1.57. The molecule has 7 nitrogen and oxygen atoms in total. The van der Waals surface area contributed by atoms with Crippen LogP contribution < -0.4 is 24.4 Å². The van der Waals surface area contributed by atoms with Gasteiger partial charge in [-0.25, -0.2) is 14.2 Å². The predicted molar refractivity (Wildman–Crippen MR) is 176 cm³/mol. The minimum absolute atomic E-state index is 0.0167. The Balaban J connectivity index is 1.54. The van der Waals surface area contributed by atoms with Gasteiger partial charge in [-0.1, -0.05) is 83.6 Å². The summed E-state index contributed by atoms with van der Waals surface area (Å²) in [4.78, 5) is 33.2. The lowest BCUT2D eigenvalue weighted by atomic mass is 9.93. The molecule has 1 atom stereocenters. The van der Waals surface area contributed by atoms with Gasteiger partial charge in [0.25, 0.3) is 5.56 Å². The van der Waals surface area contributed by atoms with Gasteiger partial charge < -0.3 is 14.2 Å². The maximum absolute atomic E-state index is 14.3. The lowest BCUT2D eigenvalue weighted by Gasteiger charge is -2.26. The van der Waals surface area contributed by atoms with Crippen molar-refractivity contribution in [3.8, 4) is 11.5 Å². The average Bonchev–Trinajstić information content (AvgIpc) is 3.38. The zero-order valence-corrected chi connectivity index (χ0v) is 26.5. The molecule has 0 amide bonds. The molecule has 4 aromatic carbocycles. The molecule has 0 saturated carbocycles. The van der Waals surface area contributed by atoms with Gasteiger partial charge in [0.1, 0.15) is 23.9 Å². The molecule has 0 bridgehead atoms. The summed E-state index contributed by atoms with van der Waals surface area (Å²) in [5.74, 6) is 0.0997. The van der Waals surface area contributed by atoms with Crippen LogP contribution >= 0.6 is 22.9 Å². The highest BCUT2D eigenvalue weighted by Gasteiger charge is 2.35. The first-order chi connectivity index (χ1) is 22.4. The van der Waals surface area contributed by atoms with Gasteiger partial charge in [-0.2, -0.15) is 0 Å². The van der Waals surface area contributed by atoms with Crippen molar-refractivity contribution in [3.63, 3.8) is 0 Å². The van der Waals surface area contributed by atoms with Gasteiger partial charge in [-0.3, -0.25) is 9.36 Å². The van der Waals surface area contributed by atoms with Gasteiger partial charge in [0.2, 0.25) is 0 Å². The molecular formula is C36H28ClFN2O5S. The number of thiazole rings is 1. The molecule has 0 saturated heterocycles. The Morgan fingerprint density at radius 3 is 2.48 bits per heavy atom. The van der Waals surface area contributed by atoms with Crippen LogP contribution in [0.1, 0.15) is 35.2 Å². The smallest absolute Gasteiger partial charge is 0.338 e. The second-order valence-corrected chi connectivity index (χ2v) is 11.7. The van der Waals surface area contributed by atoms with Crippen molar-refractivity contribution in [1.29, 1.82) is 0 Å². The molecule has 1 aliphatic heterocycles. The lowest BCUT2D eigenvalue weighted by molar-refractivity contribution is -0.138. The van der Waals surface area contributed by atoms with Gasteiger partial charge >= 0.3 is 5.97 Å². The van der Waals surface area contributed by atoms with E-state index in [2.05, 4.69) is 0 Å². The van der Waals surface area contributed by atoms with Crippen LogP contribution in [0.4, 0.5) is 4.39 Å². The number of aromatic nitrogens is 1. The SMILES string of the molecule is CCOC(=O)C1=C(c2ccccc2)N=c2s/c(=C\c3cc(Cl)ccc3OCc3ccccc3F)c(=O)n2[C@H]1c1ccc(OC)cc1. The number of carbonyl (C=O) groups excluding carboxylic acids is 1. The Kier molecular flexibility index (Phi) is 9.14. The van der Waals surface area contributed by atoms with E-state index in [9.17, 15) is 14.0 Å². The number of esters is 1. The molecule has 0 N–H and O–H groups in total. The molecule has 0 fully saturated rings. The number of methoxy groups -OCH3 is 1. The second-order valence-electron chi connectivity index (χ2n) is 10.3. The Morgan fingerprint density at radius 1 is 1.02 bits per heavy atom. The Labute approximate surface area is 273 Å². The summed E-state index contributed by atoms with van der Waals surface area (Å²) in [6.07, 6.45) is 1.67. The number of halogens is 2. The number of rotatable bonds is 9. The molecule has 1 aliphatic rings. The van der Waals surface area contributed by atoms with Gasteiger partial charge in [0, 0.05) is 21.7 Å². The first kappa shape index (κ1) is 31.0. The summed E-state index contributed by atoms with van der Waals surface area (Å²) < 4.78 is 33.0. The number of benzene rings is 4. The van der Waals surface area contributed by atoms with E-state index in [-0.39, 0.29) is 30.2 Å². The van der Waals surface area contributed by atoms with Crippen molar-refractivity contribution in [3.05, 3.63) is 155 Å². The van der Waals surface area contributed by atoms with Crippen LogP contribution in [0.5, 0.6) is 11.5 Å². The summed E-state index contributed by atoms with van der Waals surface area (Å²) in [6, 6.07) is 27.1. The topological polar surface area (TPSA) is 79.1 Å². The minimum Gasteiger partial charge on any atom is -0.497 e. The second kappa shape index (κ2) is 13.6. The highest BCUT2D eigenvalue weighted by atomic mass is 35.5. The minimum atomic E-state index is -0.838. The Hall–Kier alpha value is -4.99. The van der Waals surface area contributed by atoms with Gasteiger partial charge in [-0.05, 0) is 55.0 Å². The van der Waals surface area contributed by atoms with Gasteiger partial charge in [0.15, 0.2) is 4.80 Å². The zero-order chi connectivity index (χ0) is 32.2. The third-order valence-corrected chi connectivity index (χ3v) is 8.62. The molecule has 46 heavy (non-hydrogen) atoms. The number of ether oxygens (including phenoxy) is 3. The van der Waals surface area contributed by atoms with E-state index in [0.29, 0.717) is 53.8 Å². The number of carbonyl (C=O) groups is 1. The normalized spacial score (nSPS) is 14.4. The molecule has 0 radical (unpaired) electrons. The highest BCUT2D eigenvalue weighted by molar-refractivity contribution is 7.07. The molecular weight excluding hydrogens is 627 g/mol. The molecule has 6 rings (SSSR count). The van der Waals surface area contributed by atoms with E-state index >= 15 is 0 Å². The van der Waals surface area contributed by atoms with Crippen LogP contribution in [-0.2, 0) is 16.1 Å². The maximum Gasteiger partial charge on any atom is 0.338 e. The number of nitrogens with zero attached hydrogens (tertiary/aromatic N) is 2. The van der Waals surface area contributed by atoms with Crippen LogP contribution in [0.25, 0.3) is 11.8 Å². The van der Waals surface area contributed by atoms with E-state index in [0.717, 1.165) is 0 Å². The fourth-order valence-electron chi connectivity index (χ4n) is 5.22. The van der Waals surface area contributed by atoms with Crippen LogP contribution in [0, 0.1) is 5.82 Å². The van der Waals surface area contributed by atoms with Crippen molar-refractivity contribution in [2.24, 2.45) is 4.99 Å². The van der Waals surface area contributed by atoms with E-state index in [1.165, 1.54) is 22.0 Å². The van der Waals surface area contributed by atoms with Crippen LogP contribution in [0.3, 0.4) is 0 Å². The third kappa shape index (κ3) is 6.24. The van der Waals surface area contributed by atoms with E-state index in [4.69, 9.17) is 30.8 Å². The molecule has 10 heteroatoms. The van der Waals surface area contributed by atoms with Crippen LogP contribution in [0.15, 0.2) is 112 Å². The number of fused-ring (bicyclic) bond motifs is 1. The van der Waals surface area contributed by atoms with Crippen molar-refractivity contribution in [1.82, 2.24) is 4.57 Å². The van der Waals surface area contributed by atoms with E-state index < -0.39 is 12.0 Å². The highest BCUT2D eigenvalue weighted by Crippen LogP contribution is 2.36. The summed E-state index contributed by atoms with van der Waals surface area (Å²) in [5, 5.41) is 0.435. The molecule has 5 aromatic rings. The fraction of sp³-hybridized carbons (Fsp3) is 0.139. The standard InChI is InChI=1S/C36H28ClFN2O5S/c1-3-44-35(42)31-32(22-9-5-4-6-10-22)39-36-40(33(31)23-13-16-27(43-2)17-14-23)34(41)30(46-36)20-25-19-26(37)15-18-29(25)45-21-24-11-7-8-12-28(24)38/h4-20,33H,3,21H2,1-2H3/b30-20-/t33-/m0/s1. The lowest BCUT2D eigenvalue weighted by Crippen LogP contribution is -2.40. The first-order valence-electron chi connectivity index (χ1n) is 14.5. The Bertz CT molecular complexity index is 2120. The quantitative estimate of drug-likeness (QED) is 0.174. The van der Waals surface area contributed by atoms with E-state index in [1.807, 2.05) is 42.5 Å². The summed E-state index contributed by atoms with van der Waals surface area (Å²) in [5.41, 5.74) is 2.61. The molecule has 0 aliphatic carbocycles. The van der Waals surface area contributed by atoms with Crippen molar-refractivity contribution in [2.75, 3.05) is 13.7 Å². The molecule has 232 valence electrons. The monoisotopic (exact) mass is 654 g/mol. The first-order valence-corrected chi connectivity index (χ1v) is 15.7. The Morgan fingerprint density at radius 2 is 1.76 bits per heavy atom. The summed E-state index contributed by atoms with van der Waals surface area (Å²) in [6.45, 7) is 1.86. The molecule has 0 spiro atoms. The van der Waals surface area contributed by atoms with Crippen molar-refractivity contribution >= 4 is 40.7 Å². The zero-order valence-electron chi connectivity index (χ0n) is 24.9. The molecule has 0 unspecified atom stereocenters. The average molecular weight is 655 g/mol. The van der Waals surface area contributed by atoms with Crippen molar-refractivity contribution < 1.29 is 23.4 Å². The van der Waals surface area contributed by atoms with Crippen molar-refractivity contribution in [2.45, 2.75) is 19.6 Å².